The van der Waals surface area contributed by atoms with Crippen LogP contribution in [-0.2, 0) is 0 Å². The quantitative estimate of drug-likeness (QED) is 0.413. The number of rotatable bonds is 2. The molecule has 0 aliphatic heterocycles. The first-order chi connectivity index (χ1) is 5.02. The van der Waals surface area contributed by atoms with E-state index in [0.29, 0.717) is 12.5 Å². The van der Waals surface area contributed by atoms with Crippen molar-refractivity contribution in [3.05, 3.63) is 0 Å². The van der Waals surface area contributed by atoms with Crippen LogP contribution in [0.25, 0.3) is 0 Å². The van der Waals surface area contributed by atoms with Gasteiger partial charge in [-0.3, -0.25) is 4.99 Å². The van der Waals surface area contributed by atoms with Gasteiger partial charge in [-0.2, -0.15) is 4.99 Å². The molecule has 0 saturated heterocycles. The van der Waals surface area contributed by atoms with Crippen molar-refractivity contribution in [3.8, 4) is 0 Å². The van der Waals surface area contributed by atoms with Crippen LogP contribution in [0.1, 0.15) is 13.8 Å². The van der Waals surface area contributed by atoms with Gasteiger partial charge in [0.1, 0.15) is 0 Å². The van der Waals surface area contributed by atoms with E-state index in [1.54, 1.807) is 0 Å². The van der Waals surface area contributed by atoms with Crippen molar-refractivity contribution >= 4 is 24.3 Å². The third-order valence-electron chi connectivity index (χ3n) is 0.862. The van der Waals surface area contributed by atoms with Gasteiger partial charge < -0.3 is 17.2 Å². The molecule has 0 amide bonds. The zero-order chi connectivity index (χ0) is 8.85. The number of halogens is 1. The van der Waals surface area contributed by atoms with Crippen molar-refractivity contribution in [1.29, 1.82) is 0 Å². The summed E-state index contributed by atoms with van der Waals surface area (Å²) in [6.45, 7) is 4.71. The summed E-state index contributed by atoms with van der Waals surface area (Å²) in [7, 11) is 0. The largest absolute Gasteiger partial charge is 0.370 e. The van der Waals surface area contributed by atoms with E-state index in [1.165, 1.54) is 0 Å². The normalized spacial score (nSPS) is 10.8. The Morgan fingerprint density at radius 2 is 1.75 bits per heavy atom. The molecule has 5 nitrogen and oxygen atoms in total. The number of guanidine groups is 2. The van der Waals surface area contributed by atoms with Gasteiger partial charge in [0.2, 0.25) is 5.96 Å². The predicted molar refractivity (Wildman–Crippen MR) is 54.4 cm³/mol. The minimum atomic E-state index is -0.0602. The molecule has 0 aromatic carbocycles. The lowest BCUT2D eigenvalue weighted by molar-refractivity contribution is 0.664. The summed E-state index contributed by atoms with van der Waals surface area (Å²) >= 11 is 0. The summed E-state index contributed by atoms with van der Waals surface area (Å²) in [5.74, 6) is 0.538. The Hall–Kier alpha value is -0.970. The fraction of sp³-hybridized carbons (Fsp3) is 0.667. The van der Waals surface area contributed by atoms with Crippen LogP contribution in [0.15, 0.2) is 9.98 Å². The van der Waals surface area contributed by atoms with E-state index >= 15 is 0 Å². The average Bonchev–Trinajstić information content (AvgIpc) is 1.82. The van der Waals surface area contributed by atoms with Crippen molar-refractivity contribution in [2.24, 2.45) is 33.1 Å². The standard InChI is InChI=1S/C6H15N5.ClH/c1-4(2)3-10-6(9)11-5(7)8;/h4H,3H2,1-2H3,(H6,7,8,9,10,11);1H. The van der Waals surface area contributed by atoms with E-state index in [1.807, 2.05) is 13.8 Å². The molecular weight excluding hydrogens is 178 g/mol. The van der Waals surface area contributed by atoms with E-state index in [2.05, 4.69) is 9.98 Å². The predicted octanol–water partition coefficient (Wildman–Crippen LogP) is -0.348. The molecule has 0 rings (SSSR count). The highest BCUT2D eigenvalue weighted by Gasteiger charge is 1.91. The van der Waals surface area contributed by atoms with Crippen molar-refractivity contribution in [2.45, 2.75) is 13.8 Å². The molecule has 6 N–H and O–H groups in total. The molecule has 0 aromatic heterocycles. The molecule has 6 heteroatoms. The summed E-state index contributed by atoms with van der Waals surface area (Å²) < 4.78 is 0. The van der Waals surface area contributed by atoms with E-state index in [9.17, 15) is 0 Å². The smallest absolute Gasteiger partial charge is 0.218 e. The Kier molecular flexibility index (Phi) is 7.62. The van der Waals surface area contributed by atoms with Crippen molar-refractivity contribution in [3.63, 3.8) is 0 Å². The van der Waals surface area contributed by atoms with Crippen LogP contribution >= 0.6 is 12.4 Å². The van der Waals surface area contributed by atoms with Crippen molar-refractivity contribution in [2.75, 3.05) is 6.54 Å². The van der Waals surface area contributed by atoms with Crippen LogP contribution in [0.5, 0.6) is 0 Å². The number of nitrogens with two attached hydrogens (primary N) is 3. The SMILES string of the molecule is CC(C)CN=C(N)N=C(N)N.Cl. The maximum absolute atomic E-state index is 5.33. The van der Waals surface area contributed by atoms with Crippen LogP contribution in [0.2, 0.25) is 0 Å². The molecule has 0 atom stereocenters. The second kappa shape index (κ2) is 6.72. The molecule has 72 valence electrons. The number of aliphatic imine (C=N–C) groups is 2. The van der Waals surface area contributed by atoms with Gasteiger partial charge in [0.05, 0.1) is 0 Å². The molecule has 0 unspecified atom stereocenters. The van der Waals surface area contributed by atoms with Gasteiger partial charge in [-0.15, -0.1) is 12.4 Å². The molecule has 0 aliphatic rings. The third kappa shape index (κ3) is 9.03. The molecule has 12 heavy (non-hydrogen) atoms. The zero-order valence-corrected chi connectivity index (χ0v) is 8.14. The fourth-order valence-corrected chi connectivity index (χ4v) is 0.444. The highest BCUT2D eigenvalue weighted by molar-refractivity contribution is 5.92. The van der Waals surface area contributed by atoms with Crippen molar-refractivity contribution < 1.29 is 0 Å². The van der Waals surface area contributed by atoms with Gasteiger partial charge in [0.15, 0.2) is 5.96 Å². The van der Waals surface area contributed by atoms with Gasteiger partial charge in [-0.25, -0.2) is 0 Å². The minimum absolute atomic E-state index is 0. The minimum Gasteiger partial charge on any atom is -0.370 e. The molecular formula is C6H16ClN5. The fourth-order valence-electron chi connectivity index (χ4n) is 0.444. The Morgan fingerprint density at radius 3 is 2.08 bits per heavy atom. The molecule has 0 aliphatic carbocycles. The lowest BCUT2D eigenvalue weighted by Crippen LogP contribution is -2.26. The molecule has 0 aromatic rings. The van der Waals surface area contributed by atoms with Crippen LogP contribution in [-0.4, -0.2) is 18.5 Å². The number of hydrogen-bond acceptors (Lipinski definition) is 1. The highest BCUT2D eigenvalue weighted by Crippen LogP contribution is 1.90. The number of nitrogens with zero attached hydrogens (tertiary/aromatic N) is 2. The molecule has 0 heterocycles. The molecule has 0 spiro atoms. The molecule has 0 saturated carbocycles. The number of hydrogen-bond donors (Lipinski definition) is 3. The van der Waals surface area contributed by atoms with E-state index < -0.39 is 0 Å². The van der Waals surface area contributed by atoms with Crippen LogP contribution in [0, 0.1) is 5.92 Å². The van der Waals surface area contributed by atoms with Gasteiger partial charge in [0.25, 0.3) is 0 Å². The van der Waals surface area contributed by atoms with E-state index in [4.69, 9.17) is 17.2 Å². The van der Waals surface area contributed by atoms with Crippen molar-refractivity contribution in [1.82, 2.24) is 0 Å². The van der Waals surface area contributed by atoms with Gasteiger partial charge in [-0.05, 0) is 5.92 Å². The average molecular weight is 194 g/mol. The summed E-state index contributed by atoms with van der Waals surface area (Å²) in [5, 5.41) is 0. The van der Waals surface area contributed by atoms with E-state index in [0.717, 1.165) is 0 Å². The lowest BCUT2D eigenvalue weighted by Gasteiger charge is -1.98. The van der Waals surface area contributed by atoms with Crippen LogP contribution < -0.4 is 17.2 Å². The van der Waals surface area contributed by atoms with Crippen LogP contribution in [0.4, 0.5) is 0 Å². The molecule has 0 bridgehead atoms. The summed E-state index contributed by atoms with van der Waals surface area (Å²) in [5.41, 5.74) is 15.5. The topological polar surface area (TPSA) is 103 Å². The van der Waals surface area contributed by atoms with Gasteiger partial charge >= 0.3 is 0 Å². The summed E-state index contributed by atoms with van der Waals surface area (Å²) in [6, 6.07) is 0. The lowest BCUT2D eigenvalue weighted by atomic mass is 10.2. The summed E-state index contributed by atoms with van der Waals surface area (Å²) in [4.78, 5) is 7.46. The maximum atomic E-state index is 5.33. The molecule has 0 fully saturated rings. The first-order valence-electron chi connectivity index (χ1n) is 3.42. The second-order valence-electron chi connectivity index (χ2n) is 2.63. The maximum Gasteiger partial charge on any atom is 0.218 e. The summed E-state index contributed by atoms with van der Waals surface area (Å²) in [6.07, 6.45) is 0. The van der Waals surface area contributed by atoms with Gasteiger partial charge in [-0.1, -0.05) is 13.8 Å². The first kappa shape index (κ1) is 13.6. The third-order valence-corrected chi connectivity index (χ3v) is 0.862. The Morgan fingerprint density at radius 1 is 1.25 bits per heavy atom. The Bertz CT molecular complexity index is 171. The molecule has 0 radical (unpaired) electrons. The zero-order valence-electron chi connectivity index (χ0n) is 7.32. The first-order valence-corrected chi connectivity index (χ1v) is 3.42. The Labute approximate surface area is 78.5 Å². The van der Waals surface area contributed by atoms with E-state index in [-0.39, 0.29) is 24.3 Å². The highest BCUT2D eigenvalue weighted by atomic mass is 35.5. The Balaban J connectivity index is 0. The van der Waals surface area contributed by atoms with Gasteiger partial charge in [0, 0.05) is 6.54 Å². The van der Waals surface area contributed by atoms with Crippen LogP contribution in [0.3, 0.4) is 0 Å². The monoisotopic (exact) mass is 193 g/mol. The second-order valence-corrected chi connectivity index (χ2v) is 2.63.